The van der Waals surface area contributed by atoms with E-state index in [9.17, 15) is 9.59 Å². The van der Waals surface area contributed by atoms with E-state index in [-0.39, 0.29) is 18.8 Å². The molecule has 10 heavy (non-hydrogen) atoms. The number of Topliss-reactive ketones (excluding diaryl/α,β-unsaturated/α-hetero) is 1. The minimum Gasteiger partial charge on any atom is -0.457 e. The fourth-order valence-electron chi connectivity index (χ4n) is 0.399. The smallest absolute Gasteiger partial charge is 0.417 e. The molecule has 0 aromatic rings. The summed E-state index contributed by atoms with van der Waals surface area (Å²) in [6.07, 6.45) is 0.199. The first-order chi connectivity index (χ1) is 4.68. The molecule has 0 atom stereocenters. The van der Waals surface area contributed by atoms with E-state index in [1.807, 2.05) is 0 Å². The maximum atomic E-state index is 10.7. The van der Waals surface area contributed by atoms with Crippen LogP contribution < -0.4 is 0 Å². The predicted octanol–water partition coefficient (Wildman–Crippen LogP) is 0.606. The quantitative estimate of drug-likeness (QED) is 0.416. The number of ketones is 1. The summed E-state index contributed by atoms with van der Waals surface area (Å²) in [6.45, 7) is 6.37. The average Bonchev–Trinajstić information content (AvgIpc) is 1.88. The summed E-state index contributed by atoms with van der Waals surface area (Å²) >= 11 is 0. The molecule has 55 valence electrons. The molecule has 0 unspecified atom stereocenters. The van der Waals surface area contributed by atoms with E-state index in [2.05, 4.69) is 11.3 Å². The Morgan fingerprint density at radius 3 is 2.70 bits per heavy atom. The summed E-state index contributed by atoms with van der Waals surface area (Å²) in [4.78, 5) is 20.2. The van der Waals surface area contributed by atoms with E-state index in [1.54, 1.807) is 6.92 Å². The minimum atomic E-state index is -0.0877. The highest BCUT2D eigenvalue weighted by molar-refractivity contribution is 5.94. The number of rotatable bonds is 5. The number of hydrogen-bond acceptors (Lipinski definition) is 3. The summed E-state index contributed by atoms with van der Waals surface area (Å²) in [5.41, 5.74) is 0.481. The Kier molecular flexibility index (Phi) is 4.20. The van der Waals surface area contributed by atoms with Gasteiger partial charge in [0.05, 0.1) is 6.61 Å². The topological polar surface area (TPSA) is 43.4 Å². The van der Waals surface area contributed by atoms with E-state index in [0.29, 0.717) is 5.57 Å². The van der Waals surface area contributed by atoms with Crippen LogP contribution in [0.4, 0.5) is 0 Å². The molecule has 0 aromatic heterocycles. The van der Waals surface area contributed by atoms with E-state index in [4.69, 9.17) is 0 Å². The van der Waals surface area contributed by atoms with Crippen LogP contribution in [0.1, 0.15) is 13.3 Å². The zero-order valence-electron chi connectivity index (χ0n) is 5.85. The van der Waals surface area contributed by atoms with Crippen molar-refractivity contribution >= 4 is 12.3 Å². The van der Waals surface area contributed by atoms with Gasteiger partial charge in [0, 0.05) is 6.42 Å². The van der Waals surface area contributed by atoms with Crippen molar-refractivity contribution in [3.05, 3.63) is 12.2 Å². The van der Waals surface area contributed by atoms with Crippen molar-refractivity contribution < 1.29 is 14.3 Å². The number of allylic oxidation sites excluding steroid dienone is 1. The van der Waals surface area contributed by atoms with Crippen molar-refractivity contribution in [3.63, 3.8) is 0 Å². The van der Waals surface area contributed by atoms with Crippen molar-refractivity contribution in [1.82, 2.24) is 0 Å². The molecular weight excluding hydrogens is 132 g/mol. The fourth-order valence-corrected chi connectivity index (χ4v) is 0.399. The first kappa shape index (κ1) is 8.88. The molecule has 0 saturated carbocycles. The van der Waals surface area contributed by atoms with Gasteiger partial charge in [0.15, 0.2) is 5.78 Å². The van der Waals surface area contributed by atoms with Crippen LogP contribution in [0.2, 0.25) is 0 Å². The molecular formula is C7H9O3. The second kappa shape index (κ2) is 4.73. The van der Waals surface area contributed by atoms with Crippen molar-refractivity contribution in [2.75, 3.05) is 6.61 Å². The molecule has 0 bridgehead atoms. The molecule has 0 fully saturated rings. The van der Waals surface area contributed by atoms with Crippen LogP contribution in [-0.4, -0.2) is 18.9 Å². The molecule has 0 rings (SSSR count). The third-order valence-corrected chi connectivity index (χ3v) is 0.966. The molecule has 3 heteroatoms. The van der Waals surface area contributed by atoms with Crippen molar-refractivity contribution in [3.8, 4) is 0 Å². The molecule has 0 aromatic carbocycles. The SMILES string of the molecule is C=C(C)C(=O)CCO[C]=O. The zero-order chi connectivity index (χ0) is 7.98. The summed E-state index contributed by atoms with van der Waals surface area (Å²) in [5, 5.41) is 0. The number of hydrogen-bond donors (Lipinski definition) is 0. The maximum Gasteiger partial charge on any atom is 0.417 e. The number of ether oxygens (including phenoxy) is 1. The highest BCUT2D eigenvalue weighted by Gasteiger charge is 2.00. The molecule has 1 radical (unpaired) electrons. The molecule has 0 aliphatic rings. The van der Waals surface area contributed by atoms with E-state index >= 15 is 0 Å². The Hall–Kier alpha value is -1.12. The largest absolute Gasteiger partial charge is 0.457 e. The molecule has 0 N–H and O–H groups in total. The summed E-state index contributed by atoms with van der Waals surface area (Å²) in [5.74, 6) is -0.0877. The van der Waals surface area contributed by atoms with Crippen LogP contribution >= 0.6 is 0 Å². The Bertz CT molecular complexity index is 149. The highest BCUT2D eigenvalue weighted by Crippen LogP contribution is 1.94. The van der Waals surface area contributed by atoms with Crippen LogP contribution in [0.15, 0.2) is 12.2 Å². The summed E-state index contributed by atoms with van der Waals surface area (Å²) in [7, 11) is 0. The first-order valence-corrected chi connectivity index (χ1v) is 2.86. The molecule has 0 spiro atoms. The van der Waals surface area contributed by atoms with Crippen LogP contribution in [0.5, 0.6) is 0 Å². The molecule has 0 aliphatic carbocycles. The fraction of sp³-hybridized carbons (Fsp3) is 0.429. The van der Waals surface area contributed by atoms with Crippen molar-refractivity contribution in [2.45, 2.75) is 13.3 Å². The molecule has 0 saturated heterocycles. The molecule has 0 amide bonds. The lowest BCUT2D eigenvalue weighted by atomic mass is 10.2. The second-order valence-electron chi connectivity index (χ2n) is 1.89. The summed E-state index contributed by atoms with van der Waals surface area (Å²) in [6, 6.07) is 0. The Morgan fingerprint density at radius 1 is 1.70 bits per heavy atom. The van der Waals surface area contributed by atoms with Gasteiger partial charge < -0.3 is 4.74 Å². The van der Waals surface area contributed by atoms with Crippen LogP contribution in [0, 0.1) is 0 Å². The highest BCUT2D eigenvalue weighted by atomic mass is 16.5. The number of carbonyl (C=O) groups excluding carboxylic acids is 2. The molecule has 0 aliphatic heterocycles. The van der Waals surface area contributed by atoms with E-state index < -0.39 is 0 Å². The van der Waals surface area contributed by atoms with Gasteiger partial charge in [-0.1, -0.05) is 6.58 Å². The van der Waals surface area contributed by atoms with Crippen molar-refractivity contribution in [2.24, 2.45) is 0 Å². The Labute approximate surface area is 59.7 Å². The van der Waals surface area contributed by atoms with Crippen LogP contribution in [0.3, 0.4) is 0 Å². The second-order valence-corrected chi connectivity index (χ2v) is 1.89. The van der Waals surface area contributed by atoms with Gasteiger partial charge in [-0.25, -0.2) is 4.79 Å². The standard InChI is InChI=1S/C7H9O3/c1-6(2)7(9)3-4-10-5-8/h1,3-4H2,2H3. The average molecular weight is 141 g/mol. The first-order valence-electron chi connectivity index (χ1n) is 2.86. The van der Waals surface area contributed by atoms with Crippen LogP contribution in [-0.2, 0) is 14.3 Å². The van der Waals surface area contributed by atoms with E-state index in [0.717, 1.165) is 0 Å². The van der Waals surface area contributed by atoms with Gasteiger partial charge >= 0.3 is 6.47 Å². The third-order valence-electron chi connectivity index (χ3n) is 0.966. The number of carbonyl (C=O) groups is 1. The Morgan fingerprint density at radius 2 is 2.30 bits per heavy atom. The predicted molar refractivity (Wildman–Crippen MR) is 36.1 cm³/mol. The normalized spacial score (nSPS) is 8.50. The van der Waals surface area contributed by atoms with Gasteiger partial charge in [-0.15, -0.1) is 0 Å². The minimum absolute atomic E-state index is 0.0877. The van der Waals surface area contributed by atoms with Gasteiger partial charge in [-0.3, -0.25) is 4.79 Å². The van der Waals surface area contributed by atoms with Gasteiger partial charge in [-0.2, -0.15) is 0 Å². The summed E-state index contributed by atoms with van der Waals surface area (Å²) < 4.78 is 4.19. The van der Waals surface area contributed by atoms with Crippen LogP contribution in [0.25, 0.3) is 0 Å². The molecule has 0 heterocycles. The lowest BCUT2D eigenvalue weighted by Crippen LogP contribution is -2.03. The van der Waals surface area contributed by atoms with Gasteiger partial charge in [0.25, 0.3) is 0 Å². The monoisotopic (exact) mass is 141 g/mol. The zero-order valence-corrected chi connectivity index (χ0v) is 5.85. The Balaban J connectivity index is 3.40. The molecule has 3 nitrogen and oxygen atoms in total. The lowest BCUT2D eigenvalue weighted by molar-refractivity contribution is -0.116. The van der Waals surface area contributed by atoms with Gasteiger partial charge in [-0.05, 0) is 12.5 Å². The van der Waals surface area contributed by atoms with E-state index in [1.165, 1.54) is 6.47 Å². The van der Waals surface area contributed by atoms with Gasteiger partial charge in [0.2, 0.25) is 0 Å². The lowest BCUT2D eigenvalue weighted by Gasteiger charge is -1.95. The third kappa shape index (κ3) is 3.83. The van der Waals surface area contributed by atoms with Crippen molar-refractivity contribution in [1.29, 1.82) is 0 Å². The maximum absolute atomic E-state index is 10.7. The van der Waals surface area contributed by atoms with Gasteiger partial charge in [0.1, 0.15) is 0 Å².